The van der Waals surface area contributed by atoms with Crippen molar-refractivity contribution >= 4 is 23.9 Å². The molecule has 170 valence electrons. The Hall–Kier alpha value is -2.90. The third-order valence-electron chi connectivity index (χ3n) is 4.35. The number of carbonyl (C=O) groups is 4. The number of carboxylic acid groups (broad SMARTS) is 2. The van der Waals surface area contributed by atoms with E-state index in [0.29, 0.717) is 0 Å². The maximum Gasteiger partial charge on any atom is 0.370 e. The van der Waals surface area contributed by atoms with Gasteiger partial charge in [0, 0.05) is 6.92 Å². The van der Waals surface area contributed by atoms with E-state index in [1.807, 2.05) is 0 Å². The maximum absolute atomic E-state index is 12.3. The summed E-state index contributed by atoms with van der Waals surface area (Å²) in [5, 5.41) is 54.5. The Labute approximate surface area is 171 Å². The van der Waals surface area contributed by atoms with E-state index < -0.39 is 78.6 Å². The number of nitrogens with one attached hydrogen (secondary N) is 3. The van der Waals surface area contributed by atoms with E-state index in [1.54, 1.807) is 13.8 Å². The highest BCUT2D eigenvalue weighted by Gasteiger charge is 2.44. The number of hydrogen-bond acceptors (Lipinski definition) is 8. The van der Waals surface area contributed by atoms with Gasteiger partial charge in [0.1, 0.15) is 24.4 Å². The summed E-state index contributed by atoms with van der Waals surface area (Å²) in [6.07, 6.45) is -4.16. The molecule has 0 fully saturated rings. The molecular formula is C17H27N3O10. The lowest BCUT2D eigenvalue weighted by molar-refractivity contribution is -0.146. The number of amides is 3. The molecule has 30 heavy (non-hydrogen) atoms. The van der Waals surface area contributed by atoms with Gasteiger partial charge in [0.15, 0.2) is 0 Å². The van der Waals surface area contributed by atoms with E-state index >= 15 is 0 Å². The fourth-order valence-corrected chi connectivity index (χ4v) is 2.85. The number of aliphatic carboxylic acids is 2. The van der Waals surface area contributed by atoms with E-state index in [1.165, 1.54) is 0 Å². The molecule has 1 rings (SSSR count). The van der Waals surface area contributed by atoms with Crippen LogP contribution in [0.2, 0.25) is 0 Å². The van der Waals surface area contributed by atoms with Crippen molar-refractivity contribution < 1.29 is 49.4 Å². The second kappa shape index (κ2) is 10.8. The zero-order chi connectivity index (χ0) is 23.2. The van der Waals surface area contributed by atoms with E-state index in [-0.39, 0.29) is 0 Å². The summed E-state index contributed by atoms with van der Waals surface area (Å²) in [5.41, 5.74) is 0. The predicted octanol–water partition coefficient (Wildman–Crippen LogP) is -2.65. The first-order valence-corrected chi connectivity index (χ1v) is 9.04. The number of rotatable bonds is 9. The molecule has 0 aromatic carbocycles. The molecule has 1 heterocycles. The molecule has 0 saturated heterocycles. The van der Waals surface area contributed by atoms with Gasteiger partial charge in [0.25, 0.3) is 0 Å². The Kier molecular flexibility index (Phi) is 9.01. The molecule has 3 amide bonds. The lowest BCUT2D eigenvalue weighted by Crippen LogP contribution is -2.64. The van der Waals surface area contributed by atoms with Crippen molar-refractivity contribution in [2.24, 2.45) is 5.92 Å². The summed E-state index contributed by atoms with van der Waals surface area (Å²) in [4.78, 5) is 46.6. The number of carbonyl (C=O) groups excluding carboxylic acids is 2. The number of ether oxygens (including phenoxy) is 1. The normalized spacial score (nSPS) is 24.0. The van der Waals surface area contributed by atoms with Crippen LogP contribution in [0.15, 0.2) is 11.8 Å². The largest absolute Gasteiger partial charge is 0.480 e. The molecule has 0 aromatic rings. The van der Waals surface area contributed by atoms with E-state index in [4.69, 9.17) is 9.84 Å². The van der Waals surface area contributed by atoms with Crippen molar-refractivity contribution in [3.63, 3.8) is 0 Å². The second-order valence-corrected chi connectivity index (χ2v) is 7.09. The summed E-state index contributed by atoms with van der Waals surface area (Å²) in [6, 6.07) is -4.74. The van der Waals surface area contributed by atoms with E-state index in [0.717, 1.165) is 13.0 Å². The molecule has 1 aliphatic heterocycles. The van der Waals surface area contributed by atoms with Gasteiger partial charge in [0.05, 0.1) is 18.7 Å². The minimum absolute atomic E-state index is 0.464. The molecular weight excluding hydrogens is 406 g/mol. The Morgan fingerprint density at radius 2 is 1.73 bits per heavy atom. The summed E-state index contributed by atoms with van der Waals surface area (Å²) >= 11 is 0. The average molecular weight is 433 g/mol. The summed E-state index contributed by atoms with van der Waals surface area (Å²) in [7, 11) is 0. The van der Waals surface area contributed by atoms with Crippen molar-refractivity contribution in [1.82, 2.24) is 16.0 Å². The van der Waals surface area contributed by atoms with Crippen LogP contribution >= 0.6 is 0 Å². The minimum atomic E-state index is -1.83. The molecule has 13 nitrogen and oxygen atoms in total. The Bertz CT molecular complexity index is 695. The standard InChI is InChI=1S/C17H27N3O10/c1-6(2)11(16(27)28)20-17(29)19-8-4-10(15(25)26)30-14(12(8)18-7(3)22)13(24)9(23)5-21/h4,6,8-9,11-14,21,23-24H,5H2,1-3H3,(H,18,22)(H,25,26)(H,27,28)(H2,19,20,29)/t8-,9+,11-,12+,13+,14+/m0/s1. The van der Waals surface area contributed by atoms with Crippen LogP contribution < -0.4 is 16.0 Å². The lowest BCUT2D eigenvalue weighted by Gasteiger charge is -2.40. The van der Waals surface area contributed by atoms with Gasteiger partial charge in [-0.05, 0) is 12.0 Å². The highest BCUT2D eigenvalue weighted by Crippen LogP contribution is 2.23. The van der Waals surface area contributed by atoms with Gasteiger partial charge < -0.3 is 46.2 Å². The average Bonchev–Trinajstić information content (AvgIpc) is 2.64. The second-order valence-electron chi connectivity index (χ2n) is 7.09. The smallest absolute Gasteiger partial charge is 0.370 e. The quantitative estimate of drug-likeness (QED) is 0.189. The zero-order valence-corrected chi connectivity index (χ0v) is 16.6. The number of carboxylic acids is 2. The Morgan fingerprint density at radius 1 is 1.13 bits per heavy atom. The van der Waals surface area contributed by atoms with Gasteiger partial charge in [-0.1, -0.05) is 13.8 Å². The number of aliphatic hydroxyl groups excluding tert-OH is 3. The molecule has 13 heteroatoms. The Balaban J connectivity index is 3.22. The van der Waals surface area contributed by atoms with Crippen LogP contribution in [-0.4, -0.2) is 92.5 Å². The highest BCUT2D eigenvalue weighted by molar-refractivity contribution is 5.86. The van der Waals surface area contributed by atoms with Gasteiger partial charge in [-0.25, -0.2) is 14.4 Å². The molecule has 0 bridgehead atoms. The van der Waals surface area contributed by atoms with Gasteiger partial charge >= 0.3 is 18.0 Å². The van der Waals surface area contributed by atoms with Gasteiger partial charge in [0.2, 0.25) is 11.7 Å². The molecule has 0 aromatic heterocycles. The van der Waals surface area contributed by atoms with Crippen molar-refractivity contribution in [2.45, 2.75) is 57.2 Å². The van der Waals surface area contributed by atoms with Crippen LogP contribution in [0.4, 0.5) is 4.79 Å². The summed E-state index contributed by atoms with van der Waals surface area (Å²) < 4.78 is 5.18. The highest BCUT2D eigenvalue weighted by atomic mass is 16.5. The fourth-order valence-electron chi connectivity index (χ4n) is 2.85. The molecule has 1 aliphatic rings. The fraction of sp³-hybridized carbons (Fsp3) is 0.647. The molecule has 0 saturated carbocycles. The summed E-state index contributed by atoms with van der Waals surface area (Å²) in [5.74, 6) is -4.61. The topological polar surface area (TPSA) is 215 Å². The Morgan fingerprint density at radius 3 is 2.17 bits per heavy atom. The first-order valence-electron chi connectivity index (χ1n) is 9.04. The number of aliphatic hydroxyl groups is 3. The number of hydrogen-bond donors (Lipinski definition) is 8. The minimum Gasteiger partial charge on any atom is -0.480 e. The van der Waals surface area contributed by atoms with Crippen LogP contribution in [0.3, 0.4) is 0 Å². The SMILES string of the molecule is CC(=O)N[C@H]1[C@H]([C@H](O)[C@H](O)CO)OC(C(=O)O)=C[C@@H]1NC(=O)N[C@H](C(=O)O)C(C)C. The van der Waals surface area contributed by atoms with Crippen LogP contribution in [-0.2, 0) is 19.1 Å². The molecule has 0 spiro atoms. The predicted molar refractivity (Wildman–Crippen MR) is 99.0 cm³/mol. The van der Waals surface area contributed by atoms with Gasteiger partial charge in [-0.2, -0.15) is 0 Å². The van der Waals surface area contributed by atoms with Crippen molar-refractivity contribution in [3.05, 3.63) is 11.8 Å². The van der Waals surface area contributed by atoms with Crippen LogP contribution in [0, 0.1) is 5.92 Å². The number of urea groups is 1. The summed E-state index contributed by atoms with van der Waals surface area (Å²) in [6.45, 7) is 3.38. The van der Waals surface area contributed by atoms with Gasteiger partial charge in [-0.3, -0.25) is 4.79 Å². The molecule has 0 radical (unpaired) electrons. The van der Waals surface area contributed by atoms with Gasteiger partial charge in [-0.15, -0.1) is 0 Å². The monoisotopic (exact) mass is 433 g/mol. The van der Waals surface area contributed by atoms with Crippen molar-refractivity contribution in [2.75, 3.05) is 6.61 Å². The third kappa shape index (κ3) is 6.57. The lowest BCUT2D eigenvalue weighted by atomic mass is 9.92. The molecule has 8 N–H and O–H groups in total. The van der Waals surface area contributed by atoms with Crippen molar-refractivity contribution in [3.8, 4) is 0 Å². The van der Waals surface area contributed by atoms with Crippen LogP contribution in [0.25, 0.3) is 0 Å². The molecule has 0 unspecified atom stereocenters. The maximum atomic E-state index is 12.3. The first kappa shape index (κ1) is 25.1. The zero-order valence-electron chi connectivity index (χ0n) is 16.6. The van der Waals surface area contributed by atoms with Crippen LogP contribution in [0.1, 0.15) is 20.8 Å². The third-order valence-corrected chi connectivity index (χ3v) is 4.35. The molecule has 6 atom stereocenters. The van der Waals surface area contributed by atoms with Crippen molar-refractivity contribution in [1.29, 1.82) is 0 Å². The van der Waals surface area contributed by atoms with E-state index in [9.17, 15) is 39.6 Å². The van der Waals surface area contributed by atoms with E-state index in [2.05, 4.69) is 16.0 Å². The van der Waals surface area contributed by atoms with Crippen LogP contribution in [0.5, 0.6) is 0 Å². The molecule has 0 aliphatic carbocycles. The first-order chi connectivity index (χ1) is 13.9.